The summed E-state index contributed by atoms with van der Waals surface area (Å²) in [7, 11) is 0. The van der Waals surface area contributed by atoms with Crippen LogP contribution in [0.4, 0.5) is 0 Å². The highest BCUT2D eigenvalue weighted by molar-refractivity contribution is 7.98. The van der Waals surface area contributed by atoms with E-state index in [2.05, 4.69) is 26.6 Å². The van der Waals surface area contributed by atoms with Gasteiger partial charge in [0.25, 0.3) is 0 Å². The van der Waals surface area contributed by atoms with Crippen LogP contribution in [-0.4, -0.2) is 131 Å². The quantitative estimate of drug-likeness (QED) is 0.116. The second kappa shape index (κ2) is 18.1. The number of carboxylic acid groups (broad SMARTS) is 1. The SMILES string of the molecule is CSCC[C@H](NC(=O)[C@@H]1CCCN1C(=O)CNC(=O)[C@H](CC(C)C)NC(=O)[C@@H]1CCCN1C(=O)CNC(=O)[C@@H]1CCCN1)C(=O)O. The summed E-state index contributed by atoms with van der Waals surface area (Å²) in [6.07, 6.45) is 5.95. The van der Waals surface area contributed by atoms with Gasteiger partial charge in [0, 0.05) is 13.1 Å². The van der Waals surface area contributed by atoms with Crippen molar-refractivity contribution in [3.8, 4) is 0 Å². The molecule has 3 saturated heterocycles. The molecule has 3 heterocycles. The Morgan fingerprint density at radius 2 is 1.37 bits per heavy atom. The summed E-state index contributed by atoms with van der Waals surface area (Å²) in [4.78, 5) is 92.1. The van der Waals surface area contributed by atoms with Gasteiger partial charge in [0.1, 0.15) is 24.2 Å². The molecule has 6 amide bonds. The van der Waals surface area contributed by atoms with Crippen molar-refractivity contribution >= 4 is 53.2 Å². The Morgan fingerprint density at radius 3 is 1.87 bits per heavy atom. The van der Waals surface area contributed by atoms with Crippen LogP contribution in [0.25, 0.3) is 0 Å². The van der Waals surface area contributed by atoms with Crippen LogP contribution in [0.2, 0.25) is 0 Å². The minimum absolute atomic E-state index is 0.0208. The molecule has 0 aromatic rings. The first-order valence-electron chi connectivity index (χ1n) is 16.1. The molecule has 5 atom stereocenters. The lowest BCUT2D eigenvalue weighted by molar-refractivity contribution is -0.144. The van der Waals surface area contributed by atoms with Gasteiger partial charge in [0.2, 0.25) is 35.4 Å². The van der Waals surface area contributed by atoms with Crippen LogP contribution in [0.15, 0.2) is 0 Å². The van der Waals surface area contributed by atoms with Gasteiger partial charge in [0.05, 0.1) is 19.1 Å². The molecule has 0 spiro atoms. The molecule has 0 radical (unpaired) electrons. The summed E-state index contributed by atoms with van der Waals surface area (Å²) in [5, 5.41) is 23.1. The van der Waals surface area contributed by atoms with Gasteiger partial charge < -0.3 is 41.5 Å². The fraction of sp³-hybridized carbons (Fsp3) is 0.767. The third-order valence-electron chi connectivity index (χ3n) is 8.52. The second-order valence-electron chi connectivity index (χ2n) is 12.4. The van der Waals surface area contributed by atoms with E-state index in [1.54, 1.807) is 0 Å². The highest BCUT2D eigenvalue weighted by atomic mass is 32.2. The molecule has 0 unspecified atom stereocenters. The smallest absolute Gasteiger partial charge is 0.326 e. The van der Waals surface area contributed by atoms with E-state index in [1.807, 2.05) is 20.1 Å². The van der Waals surface area contributed by atoms with Gasteiger partial charge in [-0.2, -0.15) is 11.8 Å². The molecule has 3 rings (SSSR count). The highest BCUT2D eigenvalue weighted by Gasteiger charge is 2.38. The Morgan fingerprint density at radius 1 is 0.804 bits per heavy atom. The van der Waals surface area contributed by atoms with Gasteiger partial charge in [-0.3, -0.25) is 28.8 Å². The molecule has 0 aromatic heterocycles. The van der Waals surface area contributed by atoms with Crippen molar-refractivity contribution in [2.75, 3.05) is 44.7 Å². The maximum Gasteiger partial charge on any atom is 0.326 e. The molecule has 3 fully saturated rings. The largest absolute Gasteiger partial charge is 0.480 e. The number of hydrogen-bond acceptors (Lipinski definition) is 9. The van der Waals surface area contributed by atoms with Crippen molar-refractivity contribution in [3.05, 3.63) is 0 Å². The number of amides is 6. The molecule has 258 valence electrons. The average molecular weight is 668 g/mol. The molecule has 0 saturated carbocycles. The molecule has 6 N–H and O–H groups in total. The number of aliphatic carboxylic acids is 1. The molecule has 0 aromatic carbocycles. The van der Waals surface area contributed by atoms with Crippen LogP contribution in [0, 0.1) is 5.92 Å². The van der Waals surface area contributed by atoms with Crippen molar-refractivity contribution in [3.63, 3.8) is 0 Å². The number of thioether (sulfide) groups is 1. The van der Waals surface area contributed by atoms with Gasteiger partial charge >= 0.3 is 5.97 Å². The second-order valence-corrected chi connectivity index (χ2v) is 13.4. The average Bonchev–Trinajstić information content (AvgIpc) is 3.81. The van der Waals surface area contributed by atoms with Gasteiger partial charge in [-0.05, 0) is 75.8 Å². The van der Waals surface area contributed by atoms with E-state index in [4.69, 9.17) is 0 Å². The number of likely N-dealkylation sites (tertiary alicyclic amines) is 2. The maximum absolute atomic E-state index is 13.3. The van der Waals surface area contributed by atoms with E-state index in [-0.39, 0.29) is 43.2 Å². The fourth-order valence-corrected chi connectivity index (χ4v) is 6.56. The van der Waals surface area contributed by atoms with E-state index < -0.39 is 60.3 Å². The molecule has 16 heteroatoms. The summed E-state index contributed by atoms with van der Waals surface area (Å²) < 4.78 is 0. The number of carbonyl (C=O) groups is 7. The van der Waals surface area contributed by atoms with Crippen LogP contribution < -0.4 is 26.6 Å². The lowest BCUT2D eigenvalue weighted by Gasteiger charge is -2.28. The first-order valence-corrected chi connectivity index (χ1v) is 17.5. The molecule has 46 heavy (non-hydrogen) atoms. The Kier molecular flexibility index (Phi) is 14.6. The van der Waals surface area contributed by atoms with E-state index in [1.165, 1.54) is 21.6 Å². The predicted octanol–water partition coefficient (Wildman–Crippen LogP) is -1.19. The van der Waals surface area contributed by atoms with E-state index in [0.717, 1.165) is 13.0 Å². The summed E-state index contributed by atoms with van der Waals surface area (Å²) >= 11 is 1.47. The number of hydrogen-bond donors (Lipinski definition) is 6. The van der Waals surface area contributed by atoms with Crippen LogP contribution >= 0.6 is 11.8 Å². The van der Waals surface area contributed by atoms with Crippen LogP contribution in [0.1, 0.15) is 65.2 Å². The zero-order valence-electron chi connectivity index (χ0n) is 27.0. The van der Waals surface area contributed by atoms with Crippen molar-refractivity contribution < 1.29 is 38.7 Å². The highest BCUT2D eigenvalue weighted by Crippen LogP contribution is 2.20. The molecular formula is C30H49N7O8S. The number of rotatable bonds is 16. The van der Waals surface area contributed by atoms with Gasteiger partial charge in [-0.1, -0.05) is 13.8 Å². The Hall–Kier alpha value is -3.40. The van der Waals surface area contributed by atoms with Gasteiger partial charge in [-0.15, -0.1) is 0 Å². The Balaban J connectivity index is 1.54. The molecule has 3 aliphatic heterocycles. The van der Waals surface area contributed by atoms with Crippen LogP contribution in [0.3, 0.4) is 0 Å². The number of nitrogens with one attached hydrogen (secondary N) is 5. The standard InChI is InChI=1S/C30H49N7O8S/c1-18(2)15-21(35-29(43)23-9-6-13-37(23)24(38)16-32-26(40)19-7-4-11-31-19)27(41)33-17-25(39)36-12-5-8-22(36)28(42)34-20(30(44)45)10-14-46-3/h18-23,31H,4-17H2,1-3H3,(H,32,40)(H,33,41)(H,34,42)(H,35,43)(H,44,45)/t19-,20-,21-,22-,23-/m0/s1. The molecule has 0 aliphatic carbocycles. The van der Waals surface area contributed by atoms with E-state index >= 15 is 0 Å². The fourth-order valence-electron chi connectivity index (χ4n) is 6.09. The van der Waals surface area contributed by atoms with Crippen molar-refractivity contribution in [1.82, 2.24) is 36.4 Å². The van der Waals surface area contributed by atoms with Crippen molar-refractivity contribution in [1.29, 1.82) is 0 Å². The molecule has 3 aliphatic rings. The molecule has 0 bridgehead atoms. The minimum Gasteiger partial charge on any atom is -0.480 e. The lowest BCUT2D eigenvalue weighted by Crippen LogP contribution is -2.56. The lowest BCUT2D eigenvalue weighted by atomic mass is 10.0. The third kappa shape index (κ3) is 10.6. The number of nitrogens with zero attached hydrogens (tertiary/aromatic N) is 2. The summed E-state index contributed by atoms with van der Waals surface area (Å²) in [6, 6.07) is -3.96. The normalized spacial score (nSPS) is 22.3. The summed E-state index contributed by atoms with van der Waals surface area (Å²) in [5.41, 5.74) is 0. The van der Waals surface area contributed by atoms with Gasteiger partial charge in [0.15, 0.2) is 0 Å². The van der Waals surface area contributed by atoms with Gasteiger partial charge in [-0.25, -0.2) is 4.79 Å². The minimum atomic E-state index is -1.14. The van der Waals surface area contributed by atoms with E-state index in [0.29, 0.717) is 50.9 Å². The molecule has 15 nitrogen and oxygen atoms in total. The van der Waals surface area contributed by atoms with Crippen molar-refractivity contribution in [2.45, 2.75) is 95.4 Å². The maximum atomic E-state index is 13.3. The first kappa shape index (κ1) is 37.1. The van der Waals surface area contributed by atoms with Crippen molar-refractivity contribution in [2.24, 2.45) is 5.92 Å². The van der Waals surface area contributed by atoms with Crippen LogP contribution in [0.5, 0.6) is 0 Å². The predicted molar refractivity (Wildman–Crippen MR) is 170 cm³/mol. The first-order chi connectivity index (χ1) is 21.9. The zero-order valence-corrected chi connectivity index (χ0v) is 27.8. The summed E-state index contributed by atoms with van der Waals surface area (Å²) in [6.45, 7) is 4.58. The monoisotopic (exact) mass is 667 g/mol. The Bertz CT molecular complexity index is 1130. The Labute approximate surface area is 274 Å². The third-order valence-corrected chi connectivity index (χ3v) is 9.17. The zero-order chi connectivity index (χ0) is 33.8. The number of carboxylic acids is 1. The van der Waals surface area contributed by atoms with Crippen LogP contribution in [-0.2, 0) is 33.6 Å². The topological polar surface area (TPSA) is 206 Å². The molecular weight excluding hydrogens is 618 g/mol. The van der Waals surface area contributed by atoms with E-state index in [9.17, 15) is 38.7 Å². The summed E-state index contributed by atoms with van der Waals surface area (Å²) in [5.74, 6) is -3.26. The number of carbonyl (C=O) groups excluding carboxylic acids is 6.